The fourth-order valence-corrected chi connectivity index (χ4v) is 3.10. The third kappa shape index (κ3) is 7.13. The number of nitro groups is 1. The smallest absolute Gasteiger partial charge is 0.282 e. The molecule has 2 N–H and O–H groups in total. The van der Waals surface area contributed by atoms with Gasteiger partial charge in [0.05, 0.1) is 29.9 Å². The van der Waals surface area contributed by atoms with Crippen molar-refractivity contribution in [1.82, 2.24) is 5.43 Å². The summed E-state index contributed by atoms with van der Waals surface area (Å²) < 4.78 is 11.0. The monoisotopic (exact) mass is 476 g/mol. The number of anilines is 1. The van der Waals surface area contributed by atoms with Gasteiger partial charge in [0.2, 0.25) is 11.8 Å². The van der Waals surface area contributed by atoms with Crippen LogP contribution in [-0.2, 0) is 16.2 Å². The lowest BCUT2D eigenvalue weighted by atomic mass is 10.1. The predicted molar refractivity (Wildman–Crippen MR) is 131 cm³/mol. The quantitative estimate of drug-likeness (QED) is 0.197. The Morgan fingerprint density at radius 2 is 1.74 bits per heavy atom. The van der Waals surface area contributed by atoms with Crippen molar-refractivity contribution in [2.45, 2.75) is 20.0 Å². The molecular weight excluding hydrogens is 452 g/mol. The van der Waals surface area contributed by atoms with Gasteiger partial charge in [-0.1, -0.05) is 48.5 Å². The number of amides is 2. The first kappa shape index (κ1) is 24.9. The van der Waals surface area contributed by atoms with E-state index in [1.807, 2.05) is 49.4 Å². The minimum atomic E-state index is -0.676. The van der Waals surface area contributed by atoms with E-state index in [1.54, 1.807) is 12.1 Å². The largest absolute Gasteiger partial charge is 0.493 e. The van der Waals surface area contributed by atoms with Gasteiger partial charge >= 0.3 is 0 Å². The van der Waals surface area contributed by atoms with Crippen molar-refractivity contribution in [2.75, 3.05) is 12.4 Å². The van der Waals surface area contributed by atoms with Crippen molar-refractivity contribution in [3.8, 4) is 11.5 Å². The summed E-state index contributed by atoms with van der Waals surface area (Å²) in [5.74, 6) is -0.738. The second-order valence-corrected chi connectivity index (χ2v) is 7.43. The molecule has 0 aliphatic carbocycles. The molecule has 0 aromatic heterocycles. The van der Waals surface area contributed by atoms with Crippen LogP contribution in [0.4, 0.5) is 11.4 Å². The molecule has 10 heteroatoms. The molecule has 0 fully saturated rings. The Morgan fingerprint density at radius 3 is 2.43 bits per heavy atom. The van der Waals surface area contributed by atoms with Crippen LogP contribution in [0.5, 0.6) is 11.5 Å². The second-order valence-electron chi connectivity index (χ2n) is 7.43. The van der Waals surface area contributed by atoms with Crippen LogP contribution in [0.2, 0.25) is 0 Å². The molecule has 180 valence electrons. The first-order valence-corrected chi connectivity index (χ1v) is 10.6. The lowest BCUT2D eigenvalue weighted by molar-refractivity contribution is -0.385. The Balaban J connectivity index is 1.66. The molecular formula is C25H24N4O6. The van der Waals surface area contributed by atoms with Crippen molar-refractivity contribution in [2.24, 2.45) is 5.10 Å². The van der Waals surface area contributed by atoms with Gasteiger partial charge in [0.25, 0.3) is 5.69 Å². The lowest BCUT2D eigenvalue weighted by Crippen LogP contribution is -2.24. The lowest BCUT2D eigenvalue weighted by Gasteiger charge is -2.12. The highest BCUT2D eigenvalue weighted by molar-refractivity contribution is 6.04. The third-order valence-corrected chi connectivity index (χ3v) is 4.88. The molecule has 0 unspecified atom stereocenters. The Labute approximate surface area is 201 Å². The molecule has 0 bridgehead atoms. The number of nitrogens with zero attached hydrogens (tertiary/aromatic N) is 2. The van der Waals surface area contributed by atoms with E-state index in [2.05, 4.69) is 15.8 Å². The third-order valence-electron chi connectivity index (χ3n) is 4.88. The van der Waals surface area contributed by atoms with E-state index in [4.69, 9.17) is 9.47 Å². The van der Waals surface area contributed by atoms with Crippen LogP contribution in [0.25, 0.3) is 0 Å². The van der Waals surface area contributed by atoms with E-state index in [9.17, 15) is 19.7 Å². The normalized spacial score (nSPS) is 10.6. The summed E-state index contributed by atoms with van der Waals surface area (Å²) in [5, 5.41) is 18.0. The number of para-hydroxylation sites is 1. The number of nitrogens with one attached hydrogen (secondary N) is 2. The second kappa shape index (κ2) is 11.9. The van der Waals surface area contributed by atoms with E-state index < -0.39 is 23.2 Å². The number of benzene rings is 3. The Bertz CT molecular complexity index is 1240. The highest BCUT2D eigenvalue weighted by Gasteiger charge is 2.19. The van der Waals surface area contributed by atoms with Crippen LogP contribution >= 0.6 is 0 Å². The number of aryl methyl sites for hydroxylation is 1. The summed E-state index contributed by atoms with van der Waals surface area (Å²) in [6.45, 7) is 2.03. The molecule has 10 nitrogen and oxygen atoms in total. The molecule has 0 heterocycles. The molecule has 3 aromatic carbocycles. The first-order valence-electron chi connectivity index (χ1n) is 10.6. The van der Waals surface area contributed by atoms with Crippen molar-refractivity contribution >= 4 is 29.4 Å². The topological polar surface area (TPSA) is 132 Å². The minimum absolute atomic E-state index is 0.0866. The molecule has 0 atom stereocenters. The van der Waals surface area contributed by atoms with Gasteiger partial charge in [0, 0.05) is 5.69 Å². The van der Waals surface area contributed by atoms with Gasteiger partial charge in [-0.3, -0.25) is 19.7 Å². The fraction of sp³-hybridized carbons (Fsp3) is 0.160. The molecule has 2 amide bonds. The van der Waals surface area contributed by atoms with Crippen LogP contribution in [0.15, 0.2) is 71.8 Å². The van der Waals surface area contributed by atoms with E-state index in [0.29, 0.717) is 5.69 Å². The number of ether oxygens (including phenoxy) is 2. The molecule has 0 aliphatic rings. The van der Waals surface area contributed by atoms with Gasteiger partial charge in [-0.15, -0.1) is 0 Å². The SMILES string of the molecule is COc1cc(C=NNC(=O)CC(=O)Nc2ccccc2C)c([N+](=O)[O-])cc1OCc1ccccc1. The zero-order valence-corrected chi connectivity index (χ0v) is 19.2. The van der Waals surface area contributed by atoms with Crippen LogP contribution in [0, 0.1) is 17.0 Å². The molecule has 3 rings (SSSR count). The first-order chi connectivity index (χ1) is 16.9. The Hall–Kier alpha value is -4.73. The van der Waals surface area contributed by atoms with E-state index in [1.165, 1.54) is 19.2 Å². The summed E-state index contributed by atoms with van der Waals surface area (Å²) in [4.78, 5) is 35.2. The van der Waals surface area contributed by atoms with E-state index in [0.717, 1.165) is 17.3 Å². The average Bonchev–Trinajstić information content (AvgIpc) is 2.84. The Kier molecular flexibility index (Phi) is 8.49. The van der Waals surface area contributed by atoms with Crippen LogP contribution in [0.3, 0.4) is 0 Å². The molecule has 3 aromatic rings. The molecule has 0 aliphatic heterocycles. The number of nitro benzene ring substituents is 1. The maximum Gasteiger partial charge on any atom is 0.282 e. The molecule has 0 radical (unpaired) electrons. The number of carbonyl (C=O) groups is 2. The number of hydrazone groups is 1. The average molecular weight is 476 g/mol. The minimum Gasteiger partial charge on any atom is -0.493 e. The zero-order valence-electron chi connectivity index (χ0n) is 19.2. The van der Waals surface area contributed by atoms with Crippen molar-refractivity contribution in [3.63, 3.8) is 0 Å². The van der Waals surface area contributed by atoms with Gasteiger partial charge in [-0.05, 0) is 30.2 Å². The maximum atomic E-state index is 12.1. The summed E-state index contributed by atoms with van der Waals surface area (Å²) in [5.41, 5.74) is 4.35. The molecule has 0 saturated carbocycles. The summed E-state index contributed by atoms with van der Waals surface area (Å²) in [6.07, 6.45) is 0.641. The van der Waals surface area contributed by atoms with Crippen LogP contribution in [-0.4, -0.2) is 30.1 Å². The molecule has 35 heavy (non-hydrogen) atoms. The summed E-state index contributed by atoms with van der Waals surface area (Å²) in [7, 11) is 1.41. The summed E-state index contributed by atoms with van der Waals surface area (Å²) >= 11 is 0. The molecule has 0 saturated heterocycles. The zero-order chi connectivity index (χ0) is 25.2. The van der Waals surface area contributed by atoms with Gasteiger partial charge in [-0.25, -0.2) is 5.43 Å². The van der Waals surface area contributed by atoms with Crippen molar-refractivity contribution in [3.05, 3.63) is 93.5 Å². The van der Waals surface area contributed by atoms with Gasteiger partial charge in [-0.2, -0.15) is 5.10 Å². The van der Waals surface area contributed by atoms with E-state index in [-0.39, 0.29) is 29.4 Å². The number of rotatable bonds is 10. The van der Waals surface area contributed by atoms with Gasteiger partial charge in [0.15, 0.2) is 11.5 Å². The fourth-order valence-electron chi connectivity index (χ4n) is 3.10. The van der Waals surface area contributed by atoms with Crippen molar-refractivity contribution in [1.29, 1.82) is 0 Å². The van der Waals surface area contributed by atoms with Crippen LogP contribution in [0.1, 0.15) is 23.1 Å². The van der Waals surface area contributed by atoms with Crippen LogP contribution < -0.4 is 20.2 Å². The van der Waals surface area contributed by atoms with Gasteiger partial charge in [0.1, 0.15) is 13.0 Å². The number of carbonyl (C=O) groups excluding carboxylic acids is 2. The number of methoxy groups -OCH3 is 1. The van der Waals surface area contributed by atoms with E-state index >= 15 is 0 Å². The molecule has 0 spiro atoms. The summed E-state index contributed by atoms with van der Waals surface area (Å²) in [6, 6.07) is 19.1. The number of hydrogen-bond donors (Lipinski definition) is 2. The van der Waals surface area contributed by atoms with Crippen molar-refractivity contribution < 1.29 is 24.0 Å². The maximum absolute atomic E-state index is 12.1. The highest BCUT2D eigenvalue weighted by atomic mass is 16.6. The standard InChI is InChI=1S/C25H24N4O6/c1-17-8-6-7-11-20(17)27-24(30)14-25(31)28-26-15-19-12-22(34-2)23(13-21(19)29(32)33)35-16-18-9-4-3-5-10-18/h3-13,15H,14,16H2,1-2H3,(H,27,30)(H,28,31). The number of hydrogen-bond acceptors (Lipinski definition) is 7. The predicted octanol–water partition coefficient (Wildman–Crippen LogP) is 3.97. The Morgan fingerprint density at radius 1 is 1.03 bits per heavy atom. The van der Waals surface area contributed by atoms with Gasteiger partial charge < -0.3 is 14.8 Å². The highest BCUT2D eigenvalue weighted by Crippen LogP contribution is 2.34.